The van der Waals surface area contributed by atoms with Gasteiger partial charge in [0.25, 0.3) is 5.91 Å². The molecule has 0 fully saturated rings. The van der Waals surface area contributed by atoms with Crippen LogP contribution in [-0.2, 0) is 24.3 Å². The lowest BCUT2D eigenvalue weighted by Gasteiger charge is -2.15. The van der Waals surface area contributed by atoms with Crippen molar-refractivity contribution in [2.24, 2.45) is 0 Å². The first-order valence-corrected chi connectivity index (χ1v) is 8.99. The topological polar surface area (TPSA) is 117 Å². The summed E-state index contributed by atoms with van der Waals surface area (Å²) in [5.74, 6) is -1.34. The highest BCUT2D eigenvalue weighted by Crippen LogP contribution is 2.14. The van der Waals surface area contributed by atoms with Crippen molar-refractivity contribution >= 4 is 21.9 Å². The van der Waals surface area contributed by atoms with E-state index >= 15 is 0 Å². The maximum Gasteiger partial charge on any atom is 0.321 e. The van der Waals surface area contributed by atoms with Crippen molar-refractivity contribution in [1.82, 2.24) is 9.62 Å². The third kappa shape index (κ3) is 6.52. The number of carbonyl (C=O) groups is 2. The monoisotopic (exact) mass is 367 g/mol. The summed E-state index contributed by atoms with van der Waals surface area (Å²) in [6.07, 6.45) is 0.173. The third-order valence-corrected chi connectivity index (χ3v) is 4.94. The van der Waals surface area contributed by atoms with Crippen LogP contribution < -0.4 is 4.72 Å². The quantitative estimate of drug-likeness (QED) is 0.669. The van der Waals surface area contributed by atoms with Crippen LogP contribution in [-0.4, -0.2) is 51.9 Å². The molecule has 136 valence electrons. The summed E-state index contributed by atoms with van der Waals surface area (Å²) in [5, 5.41) is 8.45. The van der Waals surface area contributed by atoms with Gasteiger partial charge in [0.15, 0.2) is 6.61 Å². The molecule has 25 heavy (non-hydrogen) atoms. The number of esters is 1. The molecule has 0 spiro atoms. The summed E-state index contributed by atoms with van der Waals surface area (Å²) in [4.78, 5) is 24.6. The van der Waals surface area contributed by atoms with Crippen molar-refractivity contribution in [2.75, 3.05) is 26.7 Å². The minimum absolute atomic E-state index is 0.0516. The standard InChI is InChI=1S/C16H21N3O5S/c1-12-5-6-14(9-13(12)2)25(22,23)18-10-16(21)24-11-15(20)19(3)8-4-7-17/h5-6,9,18H,4,8,10-11H2,1-3H3. The van der Waals surface area contributed by atoms with Crippen molar-refractivity contribution in [3.05, 3.63) is 29.3 Å². The second-order valence-corrected chi connectivity index (χ2v) is 7.22. The van der Waals surface area contributed by atoms with E-state index in [-0.39, 0.29) is 17.9 Å². The summed E-state index contributed by atoms with van der Waals surface area (Å²) in [6.45, 7) is 2.79. The van der Waals surface area contributed by atoms with Crippen LogP contribution in [0.15, 0.2) is 23.1 Å². The molecular weight excluding hydrogens is 346 g/mol. The first-order chi connectivity index (χ1) is 11.7. The number of benzene rings is 1. The molecule has 0 aromatic heterocycles. The number of ether oxygens (including phenoxy) is 1. The lowest BCUT2D eigenvalue weighted by atomic mass is 10.1. The highest BCUT2D eigenvalue weighted by molar-refractivity contribution is 7.89. The SMILES string of the molecule is Cc1ccc(S(=O)(=O)NCC(=O)OCC(=O)N(C)CCC#N)cc1C. The second kappa shape index (κ2) is 9.15. The number of nitriles is 1. The zero-order chi connectivity index (χ0) is 19.0. The van der Waals surface area contributed by atoms with Crippen LogP contribution in [0.1, 0.15) is 17.5 Å². The number of likely N-dealkylation sites (N-methyl/N-ethyl adjacent to an activating group) is 1. The Morgan fingerprint density at radius 3 is 2.56 bits per heavy atom. The summed E-state index contributed by atoms with van der Waals surface area (Å²) >= 11 is 0. The predicted octanol–water partition coefficient (Wildman–Crippen LogP) is 0.497. The Morgan fingerprint density at radius 2 is 1.96 bits per heavy atom. The Bertz CT molecular complexity index is 783. The largest absolute Gasteiger partial charge is 0.455 e. The van der Waals surface area contributed by atoms with E-state index in [4.69, 9.17) is 10.00 Å². The number of rotatable bonds is 8. The zero-order valence-electron chi connectivity index (χ0n) is 14.4. The number of hydrogen-bond donors (Lipinski definition) is 1. The summed E-state index contributed by atoms with van der Waals surface area (Å²) in [5.41, 5.74) is 1.77. The van der Waals surface area contributed by atoms with Crippen LogP contribution in [0.2, 0.25) is 0 Å². The van der Waals surface area contributed by atoms with Crippen LogP contribution in [0, 0.1) is 25.2 Å². The molecule has 1 N–H and O–H groups in total. The van der Waals surface area contributed by atoms with Gasteiger partial charge in [-0.15, -0.1) is 0 Å². The fourth-order valence-corrected chi connectivity index (χ4v) is 2.82. The maximum atomic E-state index is 12.1. The molecule has 0 bridgehead atoms. The number of carbonyl (C=O) groups excluding carboxylic acids is 2. The molecule has 1 aromatic rings. The van der Waals surface area contributed by atoms with Crippen LogP contribution in [0.3, 0.4) is 0 Å². The van der Waals surface area contributed by atoms with E-state index in [1.54, 1.807) is 13.0 Å². The minimum atomic E-state index is -3.84. The van der Waals surface area contributed by atoms with Gasteiger partial charge in [-0.2, -0.15) is 9.98 Å². The number of amides is 1. The van der Waals surface area contributed by atoms with Gasteiger partial charge in [-0.25, -0.2) is 8.42 Å². The predicted molar refractivity (Wildman–Crippen MR) is 89.9 cm³/mol. The highest BCUT2D eigenvalue weighted by atomic mass is 32.2. The Morgan fingerprint density at radius 1 is 1.28 bits per heavy atom. The number of nitrogens with one attached hydrogen (secondary N) is 1. The first-order valence-electron chi connectivity index (χ1n) is 7.51. The number of sulfonamides is 1. The molecule has 0 aliphatic carbocycles. The highest BCUT2D eigenvalue weighted by Gasteiger charge is 2.18. The molecule has 0 heterocycles. The van der Waals surface area contributed by atoms with Gasteiger partial charge in [0.2, 0.25) is 10.0 Å². The van der Waals surface area contributed by atoms with Crippen molar-refractivity contribution in [2.45, 2.75) is 25.2 Å². The maximum absolute atomic E-state index is 12.1. The molecule has 0 saturated carbocycles. The molecular formula is C16H21N3O5S. The molecule has 0 saturated heterocycles. The lowest BCUT2D eigenvalue weighted by Crippen LogP contribution is -2.35. The lowest BCUT2D eigenvalue weighted by molar-refractivity contribution is -0.150. The van der Waals surface area contributed by atoms with E-state index in [2.05, 4.69) is 4.72 Å². The van der Waals surface area contributed by atoms with E-state index in [9.17, 15) is 18.0 Å². The van der Waals surface area contributed by atoms with Crippen molar-refractivity contribution in [3.8, 4) is 6.07 Å². The van der Waals surface area contributed by atoms with Gasteiger partial charge >= 0.3 is 5.97 Å². The average Bonchev–Trinajstić information content (AvgIpc) is 2.57. The molecule has 1 rings (SSSR count). The molecule has 0 unspecified atom stereocenters. The fraction of sp³-hybridized carbons (Fsp3) is 0.438. The molecule has 1 amide bonds. The van der Waals surface area contributed by atoms with E-state index in [0.29, 0.717) is 0 Å². The van der Waals surface area contributed by atoms with Gasteiger partial charge in [0.05, 0.1) is 17.4 Å². The van der Waals surface area contributed by atoms with Gasteiger partial charge < -0.3 is 9.64 Å². The summed E-state index contributed by atoms with van der Waals surface area (Å²) < 4.78 is 31.2. The van der Waals surface area contributed by atoms with Gasteiger partial charge in [-0.1, -0.05) is 6.07 Å². The Balaban J connectivity index is 2.51. The van der Waals surface area contributed by atoms with Gasteiger partial charge in [0.1, 0.15) is 6.54 Å². The fourth-order valence-electron chi connectivity index (χ4n) is 1.76. The molecule has 9 heteroatoms. The van der Waals surface area contributed by atoms with Crippen LogP contribution in [0.4, 0.5) is 0 Å². The van der Waals surface area contributed by atoms with E-state index in [1.807, 2.05) is 13.0 Å². The third-order valence-electron chi connectivity index (χ3n) is 3.54. The first kappa shape index (κ1) is 20.6. The average molecular weight is 367 g/mol. The second-order valence-electron chi connectivity index (χ2n) is 5.45. The van der Waals surface area contributed by atoms with Gasteiger partial charge in [-0.05, 0) is 37.1 Å². The summed E-state index contributed by atoms with van der Waals surface area (Å²) in [7, 11) is -2.36. The van der Waals surface area contributed by atoms with E-state index in [0.717, 1.165) is 11.1 Å². The Kier molecular flexibility index (Phi) is 7.54. The number of aryl methyl sites for hydroxylation is 2. The minimum Gasteiger partial charge on any atom is -0.455 e. The number of hydrogen-bond acceptors (Lipinski definition) is 6. The molecule has 0 aliphatic rings. The molecule has 0 radical (unpaired) electrons. The molecule has 0 aliphatic heterocycles. The van der Waals surface area contributed by atoms with Crippen molar-refractivity contribution in [1.29, 1.82) is 5.26 Å². The molecule has 1 aromatic carbocycles. The van der Waals surface area contributed by atoms with E-state index < -0.39 is 35.1 Å². The summed E-state index contributed by atoms with van der Waals surface area (Å²) in [6, 6.07) is 6.54. The Labute approximate surface area is 147 Å². The zero-order valence-corrected chi connectivity index (χ0v) is 15.2. The Hall–Kier alpha value is -2.44. The molecule has 8 nitrogen and oxygen atoms in total. The molecule has 0 atom stereocenters. The van der Waals surface area contributed by atoms with Gasteiger partial charge in [0, 0.05) is 13.6 Å². The van der Waals surface area contributed by atoms with Crippen LogP contribution >= 0.6 is 0 Å². The van der Waals surface area contributed by atoms with E-state index in [1.165, 1.54) is 24.1 Å². The van der Waals surface area contributed by atoms with Crippen LogP contribution in [0.25, 0.3) is 0 Å². The van der Waals surface area contributed by atoms with Crippen LogP contribution in [0.5, 0.6) is 0 Å². The van der Waals surface area contributed by atoms with Gasteiger partial charge in [-0.3, -0.25) is 9.59 Å². The normalized spacial score (nSPS) is 10.8. The van der Waals surface area contributed by atoms with Crippen molar-refractivity contribution in [3.63, 3.8) is 0 Å². The smallest absolute Gasteiger partial charge is 0.321 e. The van der Waals surface area contributed by atoms with Crippen molar-refractivity contribution < 1.29 is 22.7 Å². The number of nitrogens with zero attached hydrogens (tertiary/aromatic N) is 2.